The highest BCUT2D eigenvalue weighted by Gasteiger charge is 2.33. The molecule has 0 fully saturated rings. The maximum Gasteiger partial charge on any atom is 0.0690 e. The standard InChI is InChI=1S/C21H18O/c22-20-14-16-10-4-5-12-18(16)21(20)19-13-7-6-11-17(19)15-8-2-1-3-9-15/h1-13,20-22H,14H2. The fourth-order valence-electron chi connectivity index (χ4n) is 3.60. The molecule has 1 N–H and O–H groups in total. The summed E-state index contributed by atoms with van der Waals surface area (Å²) in [5.41, 5.74) is 6.16. The number of benzene rings is 3. The van der Waals surface area contributed by atoms with Crippen LogP contribution in [0.25, 0.3) is 11.1 Å². The van der Waals surface area contributed by atoms with Crippen molar-refractivity contribution in [3.63, 3.8) is 0 Å². The normalized spacial score (nSPS) is 19.9. The van der Waals surface area contributed by atoms with E-state index in [2.05, 4.69) is 72.8 Å². The first kappa shape index (κ1) is 13.3. The Bertz CT molecular complexity index is 792. The van der Waals surface area contributed by atoms with Crippen LogP contribution in [0.5, 0.6) is 0 Å². The van der Waals surface area contributed by atoms with Gasteiger partial charge in [0.2, 0.25) is 0 Å². The summed E-state index contributed by atoms with van der Waals surface area (Å²) >= 11 is 0. The predicted molar refractivity (Wildman–Crippen MR) is 89.9 cm³/mol. The molecule has 3 aromatic rings. The maximum atomic E-state index is 10.6. The van der Waals surface area contributed by atoms with Gasteiger partial charge in [-0.2, -0.15) is 0 Å². The lowest BCUT2D eigenvalue weighted by molar-refractivity contribution is 0.170. The second-order valence-corrected chi connectivity index (χ2v) is 5.90. The van der Waals surface area contributed by atoms with E-state index in [-0.39, 0.29) is 12.0 Å². The number of aliphatic hydroxyl groups is 1. The fraction of sp³-hybridized carbons (Fsp3) is 0.143. The molecule has 2 unspecified atom stereocenters. The lowest BCUT2D eigenvalue weighted by Crippen LogP contribution is -2.15. The minimum atomic E-state index is -0.345. The van der Waals surface area contributed by atoms with Crippen molar-refractivity contribution in [2.45, 2.75) is 18.4 Å². The van der Waals surface area contributed by atoms with Crippen LogP contribution in [0.3, 0.4) is 0 Å². The summed E-state index contributed by atoms with van der Waals surface area (Å²) in [6.45, 7) is 0. The highest BCUT2D eigenvalue weighted by molar-refractivity contribution is 5.69. The van der Waals surface area contributed by atoms with Crippen LogP contribution < -0.4 is 0 Å². The topological polar surface area (TPSA) is 20.2 Å². The highest BCUT2D eigenvalue weighted by Crippen LogP contribution is 2.41. The van der Waals surface area contributed by atoms with Gasteiger partial charge in [0.05, 0.1) is 6.10 Å². The molecule has 0 bridgehead atoms. The van der Waals surface area contributed by atoms with Crippen molar-refractivity contribution < 1.29 is 5.11 Å². The summed E-state index contributed by atoms with van der Waals surface area (Å²) in [4.78, 5) is 0. The Morgan fingerprint density at radius 3 is 2.14 bits per heavy atom. The van der Waals surface area contributed by atoms with Crippen molar-refractivity contribution >= 4 is 0 Å². The molecule has 0 saturated heterocycles. The molecule has 0 heterocycles. The molecule has 0 radical (unpaired) electrons. The Morgan fingerprint density at radius 2 is 1.32 bits per heavy atom. The van der Waals surface area contributed by atoms with Gasteiger partial charge in [-0.1, -0.05) is 78.9 Å². The van der Waals surface area contributed by atoms with E-state index in [1.807, 2.05) is 6.07 Å². The predicted octanol–water partition coefficient (Wildman–Crippen LogP) is 4.40. The van der Waals surface area contributed by atoms with E-state index in [0.717, 1.165) is 6.42 Å². The third-order valence-corrected chi connectivity index (χ3v) is 4.58. The minimum absolute atomic E-state index is 0.0626. The lowest BCUT2D eigenvalue weighted by atomic mass is 9.86. The van der Waals surface area contributed by atoms with Crippen molar-refractivity contribution in [3.05, 3.63) is 95.6 Å². The highest BCUT2D eigenvalue weighted by atomic mass is 16.3. The van der Waals surface area contributed by atoms with Gasteiger partial charge < -0.3 is 5.11 Å². The molecule has 3 aromatic carbocycles. The number of hydrogen-bond acceptors (Lipinski definition) is 1. The summed E-state index contributed by atoms with van der Waals surface area (Å²) in [6, 6.07) is 27.2. The van der Waals surface area contributed by atoms with Gasteiger partial charge in [0, 0.05) is 5.92 Å². The number of rotatable bonds is 2. The summed E-state index contributed by atoms with van der Waals surface area (Å²) in [5, 5.41) is 10.6. The van der Waals surface area contributed by atoms with E-state index in [9.17, 15) is 5.11 Å². The zero-order valence-electron chi connectivity index (χ0n) is 12.3. The van der Waals surface area contributed by atoms with E-state index in [4.69, 9.17) is 0 Å². The second kappa shape index (κ2) is 5.43. The number of hydrogen-bond donors (Lipinski definition) is 1. The molecule has 0 amide bonds. The summed E-state index contributed by atoms with van der Waals surface area (Å²) in [5.74, 6) is 0.0626. The van der Waals surface area contributed by atoms with Crippen molar-refractivity contribution in [3.8, 4) is 11.1 Å². The van der Waals surface area contributed by atoms with Crippen LogP contribution in [0, 0.1) is 0 Å². The Morgan fingerprint density at radius 1 is 0.682 bits per heavy atom. The average molecular weight is 286 g/mol. The summed E-state index contributed by atoms with van der Waals surface area (Å²) in [6.07, 6.45) is 0.395. The first-order chi connectivity index (χ1) is 10.8. The van der Waals surface area contributed by atoms with Gasteiger partial charge in [-0.3, -0.25) is 0 Å². The molecule has 108 valence electrons. The quantitative estimate of drug-likeness (QED) is 0.740. The Kier molecular flexibility index (Phi) is 3.28. The molecule has 0 aromatic heterocycles. The van der Waals surface area contributed by atoms with Crippen molar-refractivity contribution in [2.24, 2.45) is 0 Å². The van der Waals surface area contributed by atoms with Crippen LogP contribution in [-0.2, 0) is 6.42 Å². The molecular weight excluding hydrogens is 268 g/mol. The largest absolute Gasteiger partial charge is 0.392 e. The second-order valence-electron chi connectivity index (χ2n) is 5.90. The van der Waals surface area contributed by atoms with Crippen LogP contribution in [0.4, 0.5) is 0 Å². The Balaban J connectivity index is 1.88. The van der Waals surface area contributed by atoms with E-state index in [1.165, 1.54) is 27.8 Å². The third-order valence-electron chi connectivity index (χ3n) is 4.58. The Labute approximate surface area is 130 Å². The van der Waals surface area contributed by atoms with Crippen LogP contribution in [-0.4, -0.2) is 11.2 Å². The van der Waals surface area contributed by atoms with Crippen LogP contribution in [0.15, 0.2) is 78.9 Å². The minimum Gasteiger partial charge on any atom is -0.392 e. The van der Waals surface area contributed by atoms with E-state index in [0.29, 0.717) is 0 Å². The van der Waals surface area contributed by atoms with Crippen LogP contribution in [0.1, 0.15) is 22.6 Å². The number of aliphatic hydroxyl groups excluding tert-OH is 1. The lowest BCUT2D eigenvalue weighted by Gasteiger charge is -2.20. The fourth-order valence-corrected chi connectivity index (χ4v) is 3.60. The van der Waals surface area contributed by atoms with Gasteiger partial charge in [-0.25, -0.2) is 0 Å². The summed E-state index contributed by atoms with van der Waals surface area (Å²) < 4.78 is 0. The molecule has 0 saturated carbocycles. The van der Waals surface area contributed by atoms with Gasteiger partial charge in [-0.05, 0) is 34.2 Å². The van der Waals surface area contributed by atoms with Crippen molar-refractivity contribution in [1.82, 2.24) is 0 Å². The molecule has 1 nitrogen and oxygen atoms in total. The molecule has 1 heteroatoms. The maximum absolute atomic E-state index is 10.6. The van der Waals surface area contributed by atoms with Crippen molar-refractivity contribution in [1.29, 1.82) is 0 Å². The van der Waals surface area contributed by atoms with Gasteiger partial charge >= 0.3 is 0 Å². The molecule has 4 rings (SSSR count). The zero-order chi connectivity index (χ0) is 14.9. The zero-order valence-corrected chi connectivity index (χ0v) is 12.3. The number of fused-ring (bicyclic) bond motifs is 1. The van der Waals surface area contributed by atoms with E-state index >= 15 is 0 Å². The first-order valence-electron chi connectivity index (χ1n) is 7.75. The van der Waals surface area contributed by atoms with Gasteiger partial charge in [0.1, 0.15) is 0 Å². The van der Waals surface area contributed by atoms with E-state index in [1.54, 1.807) is 0 Å². The average Bonchev–Trinajstić information content (AvgIpc) is 2.91. The van der Waals surface area contributed by atoms with Crippen LogP contribution >= 0.6 is 0 Å². The third kappa shape index (κ3) is 2.15. The summed E-state index contributed by atoms with van der Waals surface area (Å²) in [7, 11) is 0. The van der Waals surface area contributed by atoms with E-state index < -0.39 is 0 Å². The molecule has 1 aliphatic rings. The smallest absolute Gasteiger partial charge is 0.0690 e. The van der Waals surface area contributed by atoms with Gasteiger partial charge in [0.25, 0.3) is 0 Å². The molecular formula is C21H18O. The Hall–Kier alpha value is -2.38. The van der Waals surface area contributed by atoms with Gasteiger partial charge in [0.15, 0.2) is 0 Å². The first-order valence-corrected chi connectivity index (χ1v) is 7.75. The SMILES string of the molecule is OC1Cc2ccccc2C1c1ccccc1-c1ccccc1. The molecule has 22 heavy (non-hydrogen) atoms. The molecule has 1 aliphatic carbocycles. The van der Waals surface area contributed by atoms with Crippen LogP contribution in [0.2, 0.25) is 0 Å². The van der Waals surface area contributed by atoms with Crippen molar-refractivity contribution in [2.75, 3.05) is 0 Å². The molecule has 2 atom stereocenters. The molecule has 0 aliphatic heterocycles. The monoisotopic (exact) mass is 286 g/mol. The van der Waals surface area contributed by atoms with Gasteiger partial charge in [-0.15, -0.1) is 0 Å². The molecule has 0 spiro atoms.